The van der Waals surface area contributed by atoms with Gasteiger partial charge in [0, 0.05) is 23.6 Å². The fraction of sp³-hybridized carbons (Fsp3) is 0.619. The zero-order valence-electron chi connectivity index (χ0n) is 18.0. The van der Waals surface area contributed by atoms with Gasteiger partial charge in [-0.25, -0.2) is 9.46 Å². The standard InChI is InChI=1S/C21H31N2O4PS2/c1-16(2)23(17(3)4)28(25-13-8-12-22)27-20-15-30-29-14-11-19(20)26-21(24)18-9-6-5-7-10-18/h5-7,9-10,16-17,19-20H,8,11,13-15H2,1-4H3/t19-,20-,28?/m0/s1. The molecule has 1 fully saturated rings. The molecule has 3 atom stereocenters. The van der Waals surface area contributed by atoms with E-state index in [1.165, 1.54) is 0 Å². The summed E-state index contributed by atoms with van der Waals surface area (Å²) >= 11 is 0. The van der Waals surface area contributed by atoms with Crippen LogP contribution in [-0.4, -0.2) is 53.0 Å². The molecule has 9 heteroatoms. The molecule has 2 rings (SSSR count). The van der Waals surface area contributed by atoms with Gasteiger partial charge < -0.3 is 13.8 Å². The average Bonchev–Trinajstić information content (AvgIpc) is 2.93. The summed E-state index contributed by atoms with van der Waals surface area (Å²) in [6.45, 7) is 8.75. The Labute approximate surface area is 189 Å². The number of carbonyl (C=O) groups is 1. The summed E-state index contributed by atoms with van der Waals surface area (Å²) in [7, 11) is 2.12. The summed E-state index contributed by atoms with van der Waals surface area (Å²) in [6, 6.07) is 11.6. The van der Waals surface area contributed by atoms with Gasteiger partial charge in [0.2, 0.25) is 0 Å². The number of carbonyl (C=O) groups excluding carboxylic acids is 1. The van der Waals surface area contributed by atoms with Crippen molar-refractivity contribution >= 4 is 36.1 Å². The molecule has 0 saturated carbocycles. The highest BCUT2D eigenvalue weighted by Gasteiger charge is 2.35. The highest BCUT2D eigenvalue weighted by molar-refractivity contribution is 8.76. The minimum absolute atomic E-state index is 0.219. The highest BCUT2D eigenvalue weighted by Crippen LogP contribution is 2.49. The van der Waals surface area contributed by atoms with Crippen molar-refractivity contribution in [3.8, 4) is 6.07 Å². The molecule has 0 radical (unpaired) electrons. The summed E-state index contributed by atoms with van der Waals surface area (Å²) in [4.78, 5) is 12.7. The van der Waals surface area contributed by atoms with E-state index in [1.807, 2.05) is 18.2 Å². The van der Waals surface area contributed by atoms with Crippen LogP contribution in [0.3, 0.4) is 0 Å². The summed E-state index contributed by atoms with van der Waals surface area (Å²) in [5.41, 5.74) is 0.541. The first-order valence-electron chi connectivity index (χ1n) is 10.2. The zero-order valence-corrected chi connectivity index (χ0v) is 20.6. The van der Waals surface area contributed by atoms with E-state index in [4.69, 9.17) is 19.0 Å². The Morgan fingerprint density at radius 2 is 1.90 bits per heavy atom. The molecule has 1 unspecified atom stereocenters. The highest BCUT2D eigenvalue weighted by atomic mass is 33.1. The SMILES string of the molecule is CC(C)N(C(C)C)P(OCCC#N)O[C@H]1CSSCC[C@@H]1OC(=O)c1ccccc1. The zero-order chi connectivity index (χ0) is 21.9. The largest absolute Gasteiger partial charge is 0.456 e. The van der Waals surface area contributed by atoms with Crippen LogP contribution < -0.4 is 0 Å². The van der Waals surface area contributed by atoms with Crippen LogP contribution in [0.5, 0.6) is 0 Å². The first kappa shape index (κ1) is 25.5. The molecule has 166 valence electrons. The fourth-order valence-electron chi connectivity index (χ4n) is 3.05. The molecule has 0 bridgehead atoms. The van der Waals surface area contributed by atoms with Gasteiger partial charge in [0.25, 0.3) is 8.53 Å². The number of ether oxygens (including phenoxy) is 1. The van der Waals surface area contributed by atoms with Gasteiger partial charge in [-0.3, -0.25) is 0 Å². The minimum Gasteiger partial charge on any atom is -0.456 e. The second-order valence-corrected chi connectivity index (χ2v) is 11.4. The lowest BCUT2D eigenvalue weighted by atomic mass is 10.1. The second kappa shape index (κ2) is 13.6. The monoisotopic (exact) mass is 470 g/mol. The third-order valence-electron chi connectivity index (χ3n) is 4.37. The van der Waals surface area contributed by atoms with Crippen LogP contribution in [0.4, 0.5) is 0 Å². The molecular weight excluding hydrogens is 439 g/mol. The molecule has 0 amide bonds. The molecular formula is C21H31N2O4PS2. The van der Waals surface area contributed by atoms with E-state index in [0.29, 0.717) is 24.3 Å². The molecule has 0 N–H and O–H groups in total. The number of rotatable bonds is 10. The number of esters is 1. The number of nitriles is 1. The van der Waals surface area contributed by atoms with Gasteiger partial charge in [-0.05, 0) is 46.2 Å². The average molecular weight is 471 g/mol. The molecule has 6 nitrogen and oxygen atoms in total. The summed E-state index contributed by atoms with van der Waals surface area (Å²) < 4.78 is 20.6. The van der Waals surface area contributed by atoms with Gasteiger partial charge >= 0.3 is 5.97 Å². The summed E-state index contributed by atoms with van der Waals surface area (Å²) in [6.07, 6.45) is 0.427. The molecule has 1 saturated heterocycles. The second-order valence-electron chi connectivity index (χ2n) is 7.40. The lowest BCUT2D eigenvalue weighted by Crippen LogP contribution is -2.39. The van der Waals surface area contributed by atoms with E-state index in [9.17, 15) is 4.79 Å². The Balaban J connectivity index is 2.16. The van der Waals surface area contributed by atoms with Gasteiger partial charge in [-0.1, -0.05) is 39.8 Å². The third kappa shape index (κ3) is 8.03. The lowest BCUT2D eigenvalue weighted by Gasteiger charge is -2.38. The summed E-state index contributed by atoms with van der Waals surface area (Å²) in [5, 5.41) is 8.90. The molecule has 1 aliphatic heterocycles. The lowest BCUT2D eigenvalue weighted by molar-refractivity contribution is -0.00834. The van der Waals surface area contributed by atoms with Crippen LogP contribution in [0, 0.1) is 11.3 Å². The third-order valence-corrected chi connectivity index (χ3v) is 8.97. The first-order valence-corrected chi connectivity index (χ1v) is 13.8. The van der Waals surface area contributed by atoms with Gasteiger partial charge in [0.15, 0.2) is 0 Å². The molecule has 1 aromatic carbocycles. The van der Waals surface area contributed by atoms with Gasteiger partial charge in [0.1, 0.15) is 12.2 Å². The van der Waals surface area contributed by atoms with Crippen LogP contribution in [-0.2, 0) is 13.8 Å². The molecule has 30 heavy (non-hydrogen) atoms. The Morgan fingerprint density at radius 1 is 1.20 bits per heavy atom. The van der Waals surface area contributed by atoms with Crippen LogP contribution >= 0.6 is 30.1 Å². The van der Waals surface area contributed by atoms with Crippen molar-refractivity contribution in [1.82, 2.24) is 4.67 Å². The molecule has 0 aliphatic carbocycles. The molecule has 1 heterocycles. The topological polar surface area (TPSA) is 71.8 Å². The number of nitrogens with zero attached hydrogens (tertiary/aromatic N) is 2. The van der Waals surface area contributed by atoms with Crippen molar-refractivity contribution in [3.63, 3.8) is 0 Å². The van der Waals surface area contributed by atoms with Crippen LogP contribution in [0.25, 0.3) is 0 Å². The predicted octanol–water partition coefficient (Wildman–Crippen LogP) is 5.66. The Bertz CT molecular complexity index is 679. The van der Waals surface area contributed by atoms with Crippen molar-refractivity contribution in [2.45, 2.75) is 64.8 Å². The molecule has 0 aromatic heterocycles. The molecule has 1 aliphatic rings. The van der Waals surface area contributed by atoms with Crippen molar-refractivity contribution < 1.29 is 18.6 Å². The van der Waals surface area contributed by atoms with Gasteiger partial charge in [-0.2, -0.15) is 5.26 Å². The van der Waals surface area contributed by atoms with Crippen LogP contribution in [0.2, 0.25) is 0 Å². The van der Waals surface area contributed by atoms with E-state index in [0.717, 1.165) is 12.2 Å². The summed E-state index contributed by atoms with van der Waals surface area (Å²) in [5.74, 6) is 1.27. The van der Waals surface area contributed by atoms with E-state index in [1.54, 1.807) is 33.7 Å². The first-order chi connectivity index (χ1) is 14.4. The van der Waals surface area contributed by atoms with Crippen LogP contribution in [0.1, 0.15) is 50.9 Å². The Kier molecular flexibility index (Phi) is 11.5. The maximum absolute atomic E-state index is 12.7. The van der Waals surface area contributed by atoms with E-state index in [-0.39, 0.29) is 30.3 Å². The van der Waals surface area contributed by atoms with Crippen molar-refractivity contribution in [2.24, 2.45) is 0 Å². The van der Waals surface area contributed by atoms with Crippen LogP contribution in [0.15, 0.2) is 30.3 Å². The quantitative estimate of drug-likeness (QED) is 0.188. The normalized spacial score (nSPS) is 20.7. The van der Waals surface area contributed by atoms with Crippen molar-refractivity contribution in [1.29, 1.82) is 5.26 Å². The van der Waals surface area contributed by atoms with Gasteiger partial charge in [-0.15, -0.1) is 0 Å². The predicted molar refractivity (Wildman–Crippen MR) is 125 cm³/mol. The minimum atomic E-state index is -1.39. The van der Waals surface area contributed by atoms with Crippen molar-refractivity contribution in [2.75, 3.05) is 18.1 Å². The Hall–Kier alpha value is -0.810. The molecule has 1 aromatic rings. The van der Waals surface area contributed by atoms with Crippen molar-refractivity contribution in [3.05, 3.63) is 35.9 Å². The number of hydrogen-bond donors (Lipinski definition) is 0. The number of hydrogen-bond acceptors (Lipinski definition) is 8. The fourth-order valence-corrected chi connectivity index (χ4v) is 7.19. The van der Waals surface area contributed by atoms with E-state index >= 15 is 0 Å². The number of benzene rings is 1. The maximum atomic E-state index is 12.7. The molecule has 0 spiro atoms. The maximum Gasteiger partial charge on any atom is 0.338 e. The van der Waals surface area contributed by atoms with E-state index < -0.39 is 8.53 Å². The Morgan fingerprint density at radius 3 is 2.53 bits per heavy atom. The van der Waals surface area contributed by atoms with E-state index in [2.05, 4.69) is 38.4 Å². The smallest absolute Gasteiger partial charge is 0.338 e. The van der Waals surface area contributed by atoms with Gasteiger partial charge in [0.05, 0.1) is 24.7 Å².